The van der Waals surface area contributed by atoms with Gasteiger partial charge in [-0.05, 0) is 0 Å². The maximum atomic E-state index is 3.44. The van der Waals surface area contributed by atoms with Crippen LogP contribution in [0.1, 0.15) is 0 Å². The highest BCUT2D eigenvalue weighted by Gasteiger charge is 0.884. The van der Waals surface area contributed by atoms with Gasteiger partial charge in [-0.2, -0.15) is 24.5 Å². The lowest BCUT2D eigenvalue weighted by molar-refractivity contribution is 6.20. The van der Waals surface area contributed by atoms with Crippen molar-refractivity contribution in [1.82, 2.24) is 0 Å². The first-order valence-electron chi connectivity index (χ1n) is 0.516. The molecule has 4 heteroatoms. The molecule has 0 aliphatic carbocycles. The Hall–Kier alpha value is 1.56. The van der Waals surface area contributed by atoms with E-state index >= 15 is 0 Å². The van der Waals surface area contributed by atoms with Crippen LogP contribution in [0.4, 0.5) is 0 Å². The van der Waals surface area contributed by atoms with Crippen LogP contribution in [0.2, 0.25) is 0 Å². The number of hydrogen-bond donors (Lipinski definition) is 2. The molecule has 0 bridgehead atoms. The molecule has 0 radical (unpaired) electrons. The quantitative estimate of drug-likeness (QED) is 0.361. The Kier molecular flexibility index (Phi) is 54.2. The molecule has 0 aliphatic rings. The largest absolute Gasteiger partial charge is 0.158 e. The average Bonchev–Trinajstić information content (AvgIpc) is 1.50. The van der Waals surface area contributed by atoms with Gasteiger partial charge in [0, 0.05) is 0 Å². The van der Waals surface area contributed by atoms with Crippen LogP contribution in [0, 0.1) is 0 Å². The molecule has 0 saturated carbocycles. The number of hydrogen-bond acceptors (Lipinski definition) is 2. The fourth-order valence-electron chi connectivity index (χ4n) is 0. The van der Waals surface area contributed by atoms with E-state index < -0.39 is 0 Å². The fraction of sp³-hybridized carbons (Fsp3) is 0. The monoisotopic (exact) mass is 132 g/mol. The Morgan fingerprint density at radius 2 is 0.750 bits per heavy atom. The first-order valence-corrected chi connectivity index (χ1v) is 4.65. The number of thiol groups is 2. The van der Waals surface area contributed by atoms with Crippen molar-refractivity contribution >= 4 is 41.4 Å². The highest BCUT2D eigenvalue weighted by molar-refractivity contribution is 8.31. The zero-order chi connectivity index (χ0) is 4.00. The summed E-state index contributed by atoms with van der Waals surface area (Å²) in [6.07, 6.45) is 0. The summed E-state index contributed by atoms with van der Waals surface area (Å²) >= 11 is 6.89. The lowest BCUT2D eigenvalue weighted by Gasteiger charge is -1.12. The molecule has 0 N–H and O–H groups in total. The first-order chi connectivity index (χ1) is 2.00. The van der Waals surface area contributed by atoms with Crippen molar-refractivity contribution in [1.29, 1.82) is 0 Å². The van der Waals surface area contributed by atoms with Gasteiger partial charge in [-0.3, -0.25) is 0 Å². The molecule has 0 amide bonds. The smallest absolute Gasteiger partial charge is 0.0801 e. The number of rotatable bonds is 0. The molecule has 0 aliphatic heterocycles. The van der Waals surface area contributed by atoms with Gasteiger partial charge in [0.25, 0.3) is 0 Å². The van der Waals surface area contributed by atoms with Crippen molar-refractivity contribution in [3.63, 3.8) is 0 Å². The molecular weight excluding hydrogens is 126 g/mol. The van der Waals surface area contributed by atoms with Crippen LogP contribution < -0.4 is 0 Å². The van der Waals surface area contributed by atoms with E-state index in [0.29, 0.717) is 0 Å². The standard InChI is InChI=1S/2H3PS/c2*1-2/h2*2H,1H2. The second-order valence-corrected chi connectivity index (χ2v) is 0. The van der Waals surface area contributed by atoms with Crippen molar-refractivity contribution in [2.75, 3.05) is 0 Å². The van der Waals surface area contributed by atoms with E-state index in [-0.39, 0.29) is 0 Å². The molecule has 0 fully saturated rings. The van der Waals surface area contributed by atoms with E-state index in [1.54, 1.807) is 0 Å². The molecule has 0 aromatic carbocycles. The van der Waals surface area contributed by atoms with Gasteiger partial charge < -0.3 is 0 Å². The molecule has 0 nitrogen and oxygen atoms in total. The van der Waals surface area contributed by atoms with E-state index in [1.807, 2.05) is 0 Å². The molecule has 0 rings (SSSR count). The highest BCUT2D eigenvalue weighted by Crippen LogP contribution is 1.76. The van der Waals surface area contributed by atoms with Crippen LogP contribution in [-0.2, 0) is 0 Å². The third-order valence-electron chi connectivity index (χ3n) is 0. The van der Waals surface area contributed by atoms with Gasteiger partial charge in [0.2, 0.25) is 0 Å². The van der Waals surface area contributed by atoms with Crippen molar-refractivity contribution < 1.29 is 0 Å². The Morgan fingerprint density at radius 1 is 0.750 bits per heavy atom. The van der Waals surface area contributed by atoms with Crippen molar-refractivity contribution in [2.45, 2.75) is 0 Å². The van der Waals surface area contributed by atoms with Crippen LogP contribution in [0.15, 0.2) is 0 Å². The molecule has 28 valence electrons. The average molecular weight is 132 g/mol. The lowest BCUT2D eigenvalue weighted by Crippen LogP contribution is -0.251. The molecule has 0 saturated heterocycles. The Labute approximate surface area is 41.8 Å². The van der Waals surface area contributed by atoms with E-state index in [0.717, 1.165) is 0 Å². The lowest BCUT2D eigenvalue weighted by atomic mass is 30.4. The van der Waals surface area contributed by atoms with Crippen LogP contribution in [-0.4, -0.2) is 0 Å². The molecular formula is H6P2S2. The SMILES string of the molecule is PS.PS. The van der Waals surface area contributed by atoms with Crippen LogP contribution in [0.5, 0.6) is 0 Å². The van der Waals surface area contributed by atoms with Crippen molar-refractivity contribution in [3.05, 3.63) is 0 Å². The topological polar surface area (TPSA) is 0 Å². The molecule has 0 aromatic rings. The molecule has 0 aromatic heterocycles. The van der Waals surface area contributed by atoms with E-state index in [1.165, 1.54) is 0 Å². The van der Waals surface area contributed by atoms with E-state index in [4.69, 9.17) is 0 Å². The maximum Gasteiger partial charge on any atom is -0.0801 e. The molecule has 2 atom stereocenters. The van der Waals surface area contributed by atoms with Crippen LogP contribution >= 0.6 is 41.4 Å². The minimum atomic E-state index is 2.11. The normalized spacial score (nSPS) is 3.00. The summed E-state index contributed by atoms with van der Waals surface area (Å²) in [5.41, 5.74) is 0. The first kappa shape index (κ1) is 9.12. The van der Waals surface area contributed by atoms with Crippen molar-refractivity contribution in [2.24, 2.45) is 0 Å². The van der Waals surface area contributed by atoms with E-state index in [2.05, 4.69) is 41.4 Å². The van der Waals surface area contributed by atoms with Gasteiger partial charge in [-0.1, -0.05) is 16.9 Å². The third-order valence-corrected chi connectivity index (χ3v) is 0. The Morgan fingerprint density at radius 3 is 0.750 bits per heavy atom. The summed E-state index contributed by atoms with van der Waals surface area (Å²) in [5.74, 6) is 0. The maximum absolute atomic E-state index is 3.44. The van der Waals surface area contributed by atoms with Gasteiger partial charge in [0.05, 0.1) is 0 Å². The van der Waals surface area contributed by atoms with Gasteiger partial charge in [0.15, 0.2) is 0 Å². The summed E-state index contributed by atoms with van der Waals surface area (Å²) in [4.78, 5) is 0. The van der Waals surface area contributed by atoms with Crippen LogP contribution in [0.3, 0.4) is 0 Å². The molecule has 4 heavy (non-hydrogen) atoms. The predicted molar refractivity (Wildman–Crippen MR) is 37.4 cm³/mol. The highest BCUT2D eigenvalue weighted by atomic mass is 32.7. The van der Waals surface area contributed by atoms with Gasteiger partial charge in [-0.15, -0.1) is 0 Å². The van der Waals surface area contributed by atoms with Crippen molar-refractivity contribution in [3.8, 4) is 0 Å². The summed E-state index contributed by atoms with van der Waals surface area (Å²) in [6.45, 7) is 0. The van der Waals surface area contributed by atoms with Crippen LogP contribution in [0.25, 0.3) is 0 Å². The predicted octanol–water partition coefficient (Wildman–Crippen LogP) is 1.41. The van der Waals surface area contributed by atoms with E-state index in [9.17, 15) is 0 Å². The summed E-state index contributed by atoms with van der Waals surface area (Å²) < 4.78 is 0. The second kappa shape index (κ2) is 23.7. The summed E-state index contributed by atoms with van der Waals surface area (Å²) in [5, 5.41) is 0. The fourth-order valence-corrected chi connectivity index (χ4v) is 0. The summed E-state index contributed by atoms with van der Waals surface area (Å²) in [6, 6.07) is 0. The third kappa shape index (κ3) is 9.59. The molecule has 0 spiro atoms. The summed E-state index contributed by atoms with van der Waals surface area (Å²) in [7, 11) is 4.22. The second-order valence-electron chi connectivity index (χ2n) is 0. The van der Waals surface area contributed by atoms with Gasteiger partial charge >= 0.3 is 0 Å². The zero-order valence-electron chi connectivity index (χ0n) is 2.05. The minimum Gasteiger partial charge on any atom is -0.158 e. The molecule has 0 heterocycles. The molecule has 2 unspecified atom stereocenters. The van der Waals surface area contributed by atoms with Gasteiger partial charge in [0.1, 0.15) is 0 Å². The zero-order valence-corrected chi connectivity index (χ0v) is 6.15. The van der Waals surface area contributed by atoms with Gasteiger partial charge in [-0.25, -0.2) is 0 Å². The Balaban J connectivity index is 0. The minimum absolute atomic E-state index is 2.11. The Bertz CT molecular complexity index is 4.00.